The maximum atomic E-state index is 12.0. The Morgan fingerprint density at radius 3 is 2.46 bits per heavy atom. The number of hydrogen-bond donors (Lipinski definition) is 1. The molecule has 0 aliphatic rings. The summed E-state index contributed by atoms with van der Waals surface area (Å²) in [5.74, 6) is 0.882. The Hall–Kier alpha value is -2.62. The largest absolute Gasteiger partial charge is 0.481 e. The van der Waals surface area contributed by atoms with Gasteiger partial charge < -0.3 is 4.74 Å². The lowest BCUT2D eigenvalue weighted by Gasteiger charge is -2.13. The molecular weight excluding hydrogens is 300 g/mol. The van der Waals surface area contributed by atoms with E-state index in [1.165, 1.54) is 5.56 Å². The van der Waals surface area contributed by atoms with Crippen molar-refractivity contribution in [2.24, 2.45) is 5.10 Å². The molecule has 1 amide bonds. The van der Waals surface area contributed by atoms with Crippen LogP contribution in [0.4, 0.5) is 0 Å². The van der Waals surface area contributed by atoms with Crippen LogP contribution in [0.3, 0.4) is 0 Å². The number of benzene rings is 2. The van der Waals surface area contributed by atoms with Gasteiger partial charge in [0.2, 0.25) is 0 Å². The molecule has 0 saturated carbocycles. The molecule has 2 rings (SSSR count). The normalized spacial score (nSPS) is 12.4. The van der Waals surface area contributed by atoms with Crippen LogP contribution in [-0.2, 0) is 4.79 Å². The second-order valence-electron chi connectivity index (χ2n) is 6.13. The summed E-state index contributed by atoms with van der Waals surface area (Å²) in [7, 11) is 0. The van der Waals surface area contributed by atoms with Gasteiger partial charge in [-0.1, -0.05) is 50.2 Å². The van der Waals surface area contributed by atoms with Gasteiger partial charge in [-0.3, -0.25) is 4.79 Å². The molecule has 0 aliphatic carbocycles. The first kappa shape index (κ1) is 17.7. The maximum Gasteiger partial charge on any atom is 0.280 e. The molecule has 4 nitrogen and oxygen atoms in total. The van der Waals surface area contributed by atoms with Gasteiger partial charge in [0.1, 0.15) is 5.75 Å². The van der Waals surface area contributed by atoms with E-state index in [2.05, 4.69) is 36.5 Å². The molecule has 1 N–H and O–H groups in total. The second-order valence-corrected chi connectivity index (χ2v) is 6.13. The van der Waals surface area contributed by atoms with Crippen molar-refractivity contribution in [2.75, 3.05) is 0 Å². The Morgan fingerprint density at radius 1 is 1.12 bits per heavy atom. The van der Waals surface area contributed by atoms with Crippen molar-refractivity contribution < 1.29 is 9.53 Å². The highest BCUT2D eigenvalue weighted by Gasteiger charge is 2.13. The number of nitrogens with zero attached hydrogens (tertiary/aromatic N) is 1. The van der Waals surface area contributed by atoms with E-state index in [4.69, 9.17) is 4.74 Å². The topological polar surface area (TPSA) is 50.7 Å². The van der Waals surface area contributed by atoms with Crippen LogP contribution < -0.4 is 10.2 Å². The van der Waals surface area contributed by atoms with Gasteiger partial charge in [-0.25, -0.2) is 5.43 Å². The molecule has 4 heteroatoms. The number of carbonyl (C=O) groups is 1. The minimum Gasteiger partial charge on any atom is -0.481 e. The summed E-state index contributed by atoms with van der Waals surface area (Å²) in [5, 5.41) is 3.99. The highest BCUT2D eigenvalue weighted by atomic mass is 16.5. The van der Waals surface area contributed by atoms with Crippen molar-refractivity contribution in [3.63, 3.8) is 0 Å². The van der Waals surface area contributed by atoms with Crippen molar-refractivity contribution in [2.45, 2.75) is 39.7 Å². The third-order valence-corrected chi connectivity index (χ3v) is 3.66. The number of amides is 1. The molecule has 1 atom stereocenters. The number of hydrazone groups is 1. The predicted octanol–water partition coefficient (Wildman–Crippen LogP) is 4.04. The Balaban J connectivity index is 1.87. The molecule has 0 aliphatic heterocycles. The van der Waals surface area contributed by atoms with Crippen molar-refractivity contribution in [1.29, 1.82) is 0 Å². The Morgan fingerprint density at radius 2 is 1.83 bits per heavy atom. The highest BCUT2D eigenvalue weighted by molar-refractivity contribution is 5.84. The lowest BCUT2D eigenvalue weighted by Crippen LogP contribution is -2.33. The first-order valence-electron chi connectivity index (χ1n) is 8.12. The van der Waals surface area contributed by atoms with Gasteiger partial charge in [-0.15, -0.1) is 0 Å². The van der Waals surface area contributed by atoms with Gasteiger partial charge >= 0.3 is 0 Å². The zero-order chi connectivity index (χ0) is 17.5. The summed E-state index contributed by atoms with van der Waals surface area (Å²) < 4.78 is 5.62. The van der Waals surface area contributed by atoms with Crippen LogP contribution in [-0.4, -0.2) is 18.2 Å². The molecule has 2 aromatic rings. The Kier molecular flexibility index (Phi) is 6.13. The van der Waals surface area contributed by atoms with Crippen molar-refractivity contribution in [1.82, 2.24) is 5.43 Å². The van der Waals surface area contributed by atoms with Gasteiger partial charge in [-0.05, 0) is 48.6 Å². The average molecular weight is 324 g/mol. The van der Waals surface area contributed by atoms with Crippen LogP contribution in [0.1, 0.15) is 43.4 Å². The summed E-state index contributed by atoms with van der Waals surface area (Å²) >= 11 is 0. The van der Waals surface area contributed by atoms with E-state index in [0.717, 1.165) is 11.1 Å². The van der Waals surface area contributed by atoms with Crippen LogP contribution in [0.15, 0.2) is 53.6 Å². The summed E-state index contributed by atoms with van der Waals surface area (Å²) in [4.78, 5) is 12.0. The van der Waals surface area contributed by atoms with Gasteiger partial charge in [0, 0.05) is 0 Å². The van der Waals surface area contributed by atoms with E-state index in [-0.39, 0.29) is 5.91 Å². The van der Waals surface area contributed by atoms with Crippen LogP contribution in [0.25, 0.3) is 0 Å². The molecule has 126 valence electrons. The first-order valence-corrected chi connectivity index (χ1v) is 8.12. The summed E-state index contributed by atoms with van der Waals surface area (Å²) in [5.41, 5.74) is 5.81. The second kappa shape index (κ2) is 8.29. The molecule has 0 bridgehead atoms. The molecule has 0 saturated heterocycles. The monoisotopic (exact) mass is 324 g/mol. The zero-order valence-corrected chi connectivity index (χ0v) is 14.6. The molecule has 0 unspecified atom stereocenters. The summed E-state index contributed by atoms with van der Waals surface area (Å²) in [6, 6.07) is 15.7. The van der Waals surface area contributed by atoms with Crippen LogP contribution in [0.5, 0.6) is 5.75 Å². The van der Waals surface area contributed by atoms with Gasteiger partial charge in [0.15, 0.2) is 6.10 Å². The number of ether oxygens (including phenoxy) is 1. The summed E-state index contributed by atoms with van der Waals surface area (Å²) in [6.07, 6.45) is 1.01. The fraction of sp³-hybridized carbons (Fsp3) is 0.300. The zero-order valence-electron chi connectivity index (χ0n) is 14.6. The number of hydrogen-bond acceptors (Lipinski definition) is 3. The van der Waals surface area contributed by atoms with E-state index >= 15 is 0 Å². The lowest BCUT2D eigenvalue weighted by molar-refractivity contribution is -0.127. The van der Waals surface area contributed by atoms with Crippen molar-refractivity contribution in [3.8, 4) is 5.75 Å². The van der Waals surface area contributed by atoms with Gasteiger partial charge in [0.05, 0.1) is 6.21 Å². The van der Waals surface area contributed by atoms with Crippen molar-refractivity contribution in [3.05, 3.63) is 65.2 Å². The van der Waals surface area contributed by atoms with Crippen LogP contribution in [0, 0.1) is 6.92 Å². The van der Waals surface area contributed by atoms with E-state index in [1.54, 1.807) is 13.1 Å². The van der Waals surface area contributed by atoms with Gasteiger partial charge in [-0.2, -0.15) is 5.10 Å². The first-order chi connectivity index (χ1) is 11.5. The predicted molar refractivity (Wildman–Crippen MR) is 97.5 cm³/mol. The van der Waals surface area contributed by atoms with Crippen molar-refractivity contribution >= 4 is 12.1 Å². The molecule has 2 aromatic carbocycles. The third kappa shape index (κ3) is 5.23. The smallest absolute Gasteiger partial charge is 0.280 e. The molecular formula is C20H24N2O2. The lowest BCUT2D eigenvalue weighted by atomic mass is 10.0. The quantitative estimate of drug-likeness (QED) is 0.644. The number of carbonyl (C=O) groups excluding carboxylic acids is 1. The van der Waals surface area contributed by atoms with Gasteiger partial charge in [0.25, 0.3) is 5.91 Å². The summed E-state index contributed by atoms with van der Waals surface area (Å²) in [6.45, 7) is 7.98. The van der Waals surface area contributed by atoms with Crippen LogP contribution in [0.2, 0.25) is 0 Å². The molecule has 24 heavy (non-hydrogen) atoms. The van der Waals surface area contributed by atoms with E-state index in [9.17, 15) is 4.79 Å². The van der Waals surface area contributed by atoms with E-state index in [0.29, 0.717) is 11.7 Å². The number of nitrogens with one attached hydrogen (secondary N) is 1. The molecule has 0 heterocycles. The standard InChI is InChI=1S/C20H24N2O2/c1-14(2)18-10-8-17(9-11-18)13-21-22-20(23)16(4)24-19-7-5-6-15(3)12-19/h5-14,16H,1-4H3,(H,22,23)/b21-13-/t16-/m1/s1. The van der Waals surface area contributed by atoms with E-state index < -0.39 is 6.10 Å². The third-order valence-electron chi connectivity index (χ3n) is 3.66. The molecule has 0 spiro atoms. The number of aryl methyl sites for hydroxylation is 1. The fourth-order valence-corrected chi connectivity index (χ4v) is 2.17. The maximum absolute atomic E-state index is 12.0. The Bertz CT molecular complexity index is 706. The number of rotatable bonds is 6. The SMILES string of the molecule is Cc1cccc(O[C@H](C)C(=O)N/N=C\c2ccc(C(C)C)cc2)c1. The average Bonchev–Trinajstić information content (AvgIpc) is 2.55. The van der Waals surface area contributed by atoms with Crippen LogP contribution >= 0.6 is 0 Å². The molecule has 0 radical (unpaired) electrons. The molecule has 0 aromatic heterocycles. The molecule has 0 fully saturated rings. The minimum absolute atomic E-state index is 0.286. The van der Waals surface area contributed by atoms with E-state index in [1.807, 2.05) is 43.3 Å². The Labute approximate surface area is 143 Å². The minimum atomic E-state index is -0.618. The highest BCUT2D eigenvalue weighted by Crippen LogP contribution is 2.15. The fourth-order valence-electron chi connectivity index (χ4n) is 2.17.